The van der Waals surface area contributed by atoms with Gasteiger partial charge in [0.2, 0.25) is 0 Å². The lowest BCUT2D eigenvalue weighted by Crippen LogP contribution is -2.46. The standard InChI is InChI=1S/C14H26N2O2/c1-15-8-6-13(7-9-15)16-10-4-12(5-11-16)2-3-14(17)18/h12-13H,2-11H2,1H3,(H,17,18). The molecule has 1 N–H and O–H groups in total. The van der Waals surface area contributed by atoms with Gasteiger partial charge in [0.25, 0.3) is 0 Å². The summed E-state index contributed by atoms with van der Waals surface area (Å²) in [5, 5.41) is 8.71. The summed E-state index contributed by atoms with van der Waals surface area (Å²) >= 11 is 0. The molecule has 4 nitrogen and oxygen atoms in total. The van der Waals surface area contributed by atoms with Gasteiger partial charge in [-0.15, -0.1) is 0 Å². The van der Waals surface area contributed by atoms with Crippen molar-refractivity contribution in [2.45, 2.75) is 44.6 Å². The Balaban J connectivity index is 1.68. The molecule has 4 heteroatoms. The van der Waals surface area contributed by atoms with Crippen LogP contribution in [0.2, 0.25) is 0 Å². The van der Waals surface area contributed by atoms with Gasteiger partial charge in [-0.05, 0) is 71.2 Å². The number of hydrogen-bond acceptors (Lipinski definition) is 3. The number of rotatable bonds is 4. The van der Waals surface area contributed by atoms with E-state index < -0.39 is 5.97 Å². The first-order valence-corrected chi connectivity index (χ1v) is 7.29. The maximum Gasteiger partial charge on any atom is 0.303 e. The van der Waals surface area contributed by atoms with E-state index in [1.54, 1.807) is 0 Å². The number of carbonyl (C=O) groups is 1. The molecule has 2 aliphatic rings. The molecule has 0 saturated carbocycles. The number of hydrogen-bond donors (Lipinski definition) is 1. The topological polar surface area (TPSA) is 43.8 Å². The van der Waals surface area contributed by atoms with Crippen LogP contribution in [0.5, 0.6) is 0 Å². The van der Waals surface area contributed by atoms with E-state index in [2.05, 4.69) is 16.8 Å². The molecule has 0 aromatic carbocycles. The van der Waals surface area contributed by atoms with Crippen LogP contribution in [0, 0.1) is 5.92 Å². The summed E-state index contributed by atoms with van der Waals surface area (Å²) in [5.74, 6) is -0.00337. The highest BCUT2D eigenvalue weighted by molar-refractivity contribution is 5.66. The van der Waals surface area contributed by atoms with Gasteiger partial charge in [-0.3, -0.25) is 4.79 Å². The Labute approximate surface area is 110 Å². The van der Waals surface area contributed by atoms with Crippen LogP contribution in [0.3, 0.4) is 0 Å². The van der Waals surface area contributed by atoms with Crippen molar-refractivity contribution in [1.82, 2.24) is 9.80 Å². The molecular weight excluding hydrogens is 228 g/mol. The van der Waals surface area contributed by atoms with Crippen LogP contribution in [0.25, 0.3) is 0 Å². The number of piperidine rings is 2. The Morgan fingerprint density at radius 3 is 2.28 bits per heavy atom. The predicted molar refractivity (Wildman–Crippen MR) is 71.7 cm³/mol. The van der Waals surface area contributed by atoms with Gasteiger partial charge in [0, 0.05) is 12.5 Å². The molecule has 2 saturated heterocycles. The SMILES string of the molecule is CN1CCC(N2CCC(CCC(=O)O)CC2)CC1. The second-order valence-corrected chi connectivity index (χ2v) is 5.95. The highest BCUT2D eigenvalue weighted by Crippen LogP contribution is 2.26. The van der Waals surface area contributed by atoms with E-state index >= 15 is 0 Å². The molecule has 2 heterocycles. The van der Waals surface area contributed by atoms with Crippen LogP contribution in [0.1, 0.15) is 38.5 Å². The van der Waals surface area contributed by atoms with Crippen molar-refractivity contribution in [3.63, 3.8) is 0 Å². The molecule has 104 valence electrons. The molecule has 0 spiro atoms. The largest absolute Gasteiger partial charge is 0.481 e. The van der Waals surface area contributed by atoms with Crippen molar-refractivity contribution in [3.05, 3.63) is 0 Å². The monoisotopic (exact) mass is 254 g/mol. The van der Waals surface area contributed by atoms with Crippen molar-refractivity contribution in [1.29, 1.82) is 0 Å². The summed E-state index contributed by atoms with van der Waals surface area (Å²) in [6.07, 6.45) is 6.21. The van der Waals surface area contributed by atoms with Crippen molar-refractivity contribution in [3.8, 4) is 0 Å². The van der Waals surface area contributed by atoms with Crippen molar-refractivity contribution < 1.29 is 9.90 Å². The lowest BCUT2D eigenvalue weighted by Gasteiger charge is -2.41. The Hall–Kier alpha value is -0.610. The maximum absolute atomic E-state index is 10.6. The minimum atomic E-state index is -0.646. The Morgan fingerprint density at radius 2 is 1.72 bits per heavy atom. The van der Waals surface area contributed by atoms with Crippen LogP contribution in [0.15, 0.2) is 0 Å². The van der Waals surface area contributed by atoms with Crippen LogP contribution < -0.4 is 0 Å². The fourth-order valence-electron chi connectivity index (χ4n) is 3.29. The minimum Gasteiger partial charge on any atom is -0.481 e. The second kappa shape index (κ2) is 6.53. The quantitative estimate of drug-likeness (QED) is 0.828. The van der Waals surface area contributed by atoms with Crippen LogP contribution in [0.4, 0.5) is 0 Å². The van der Waals surface area contributed by atoms with Gasteiger partial charge in [-0.1, -0.05) is 0 Å². The maximum atomic E-state index is 10.6. The first-order chi connectivity index (χ1) is 8.65. The van der Waals surface area contributed by atoms with Gasteiger partial charge < -0.3 is 14.9 Å². The lowest BCUT2D eigenvalue weighted by atomic mass is 9.90. The molecule has 0 unspecified atom stereocenters. The summed E-state index contributed by atoms with van der Waals surface area (Å²) in [6.45, 7) is 4.81. The Morgan fingerprint density at radius 1 is 1.11 bits per heavy atom. The number of aliphatic carboxylic acids is 1. The molecule has 0 aliphatic carbocycles. The molecule has 2 rings (SSSR count). The lowest BCUT2D eigenvalue weighted by molar-refractivity contribution is -0.137. The van der Waals surface area contributed by atoms with E-state index in [0.29, 0.717) is 12.3 Å². The summed E-state index contributed by atoms with van der Waals surface area (Å²) in [7, 11) is 2.20. The van der Waals surface area contributed by atoms with E-state index in [4.69, 9.17) is 5.11 Å². The van der Waals surface area contributed by atoms with Gasteiger partial charge in [0.05, 0.1) is 0 Å². The van der Waals surface area contributed by atoms with Crippen molar-refractivity contribution in [2.75, 3.05) is 33.2 Å². The average Bonchev–Trinajstić information content (AvgIpc) is 2.38. The molecule has 2 fully saturated rings. The predicted octanol–water partition coefficient (Wildman–Crippen LogP) is 1.66. The highest BCUT2D eigenvalue weighted by atomic mass is 16.4. The average molecular weight is 254 g/mol. The van der Waals surface area contributed by atoms with Gasteiger partial charge >= 0.3 is 5.97 Å². The molecule has 0 aromatic heterocycles. The third-order valence-corrected chi connectivity index (χ3v) is 4.62. The fraction of sp³-hybridized carbons (Fsp3) is 0.929. The van der Waals surface area contributed by atoms with Gasteiger partial charge in [0.1, 0.15) is 0 Å². The van der Waals surface area contributed by atoms with E-state index in [1.165, 1.54) is 51.9 Å². The van der Waals surface area contributed by atoms with Gasteiger partial charge in [-0.25, -0.2) is 0 Å². The summed E-state index contributed by atoms with van der Waals surface area (Å²) in [5.41, 5.74) is 0. The van der Waals surface area contributed by atoms with E-state index in [-0.39, 0.29) is 0 Å². The summed E-state index contributed by atoms with van der Waals surface area (Å²) < 4.78 is 0. The molecule has 18 heavy (non-hydrogen) atoms. The summed E-state index contributed by atoms with van der Waals surface area (Å²) in [4.78, 5) is 15.6. The molecule has 2 aliphatic heterocycles. The van der Waals surface area contributed by atoms with Crippen LogP contribution >= 0.6 is 0 Å². The highest BCUT2D eigenvalue weighted by Gasteiger charge is 2.27. The number of nitrogens with zero attached hydrogens (tertiary/aromatic N) is 2. The first kappa shape index (κ1) is 13.8. The van der Waals surface area contributed by atoms with E-state index in [9.17, 15) is 4.79 Å². The van der Waals surface area contributed by atoms with Crippen molar-refractivity contribution in [2.24, 2.45) is 5.92 Å². The molecule has 0 radical (unpaired) electrons. The molecule has 0 atom stereocenters. The summed E-state index contributed by atoms with van der Waals surface area (Å²) in [6, 6.07) is 0.779. The van der Waals surface area contributed by atoms with E-state index in [0.717, 1.165) is 12.5 Å². The number of carboxylic acid groups (broad SMARTS) is 1. The van der Waals surface area contributed by atoms with Gasteiger partial charge in [-0.2, -0.15) is 0 Å². The normalized spacial score (nSPS) is 25.4. The smallest absolute Gasteiger partial charge is 0.303 e. The zero-order valence-electron chi connectivity index (χ0n) is 11.5. The third kappa shape index (κ3) is 3.95. The number of likely N-dealkylation sites (tertiary alicyclic amines) is 2. The minimum absolute atomic E-state index is 0.346. The third-order valence-electron chi connectivity index (χ3n) is 4.62. The zero-order valence-corrected chi connectivity index (χ0v) is 11.5. The molecule has 0 amide bonds. The second-order valence-electron chi connectivity index (χ2n) is 5.95. The van der Waals surface area contributed by atoms with Crippen LogP contribution in [-0.4, -0.2) is 60.1 Å². The Bertz CT molecular complexity index is 267. The molecule has 0 bridgehead atoms. The molecular formula is C14H26N2O2. The Kier molecular flexibility index (Phi) is 5.01. The first-order valence-electron chi connectivity index (χ1n) is 7.29. The number of carboxylic acids is 1. The fourth-order valence-corrected chi connectivity index (χ4v) is 3.29. The zero-order chi connectivity index (χ0) is 13.0. The van der Waals surface area contributed by atoms with Crippen LogP contribution in [-0.2, 0) is 4.79 Å². The van der Waals surface area contributed by atoms with Crippen molar-refractivity contribution >= 4 is 5.97 Å². The van der Waals surface area contributed by atoms with Gasteiger partial charge in [0.15, 0.2) is 0 Å². The molecule has 0 aromatic rings. The van der Waals surface area contributed by atoms with E-state index in [1.807, 2.05) is 0 Å².